The Kier molecular flexibility index (Phi) is 6.39. The lowest BCUT2D eigenvalue weighted by molar-refractivity contribution is -0.735. The van der Waals surface area contributed by atoms with E-state index in [0.717, 1.165) is 11.4 Å². The first-order valence-electron chi connectivity index (χ1n) is 9.55. The number of aromatic nitrogens is 2. The molecule has 1 aliphatic carbocycles. The van der Waals surface area contributed by atoms with Crippen LogP contribution in [0.25, 0.3) is 0 Å². The molecule has 0 spiro atoms. The summed E-state index contributed by atoms with van der Waals surface area (Å²) >= 11 is 0. The number of nitrogens with one attached hydrogen (secondary N) is 2. The van der Waals surface area contributed by atoms with Crippen molar-refractivity contribution in [1.82, 2.24) is 15.3 Å². The van der Waals surface area contributed by atoms with E-state index in [2.05, 4.69) is 22.0 Å². The number of hydrazone groups is 1. The van der Waals surface area contributed by atoms with Gasteiger partial charge in [0.2, 0.25) is 6.33 Å². The first kappa shape index (κ1) is 20.7. The zero-order valence-electron chi connectivity index (χ0n) is 16.6. The second-order valence-electron chi connectivity index (χ2n) is 6.99. The average Bonchev–Trinajstić information content (AvgIpc) is 3.13. The monoisotopic (exact) mass is 399 g/mol. The Balaban J connectivity index is 1.99. The number of alkyl halides is 1. The molecule has 3 rings (SSSR count). The zero-order valence-corrected chi connectivity index (χ0v) is 16.6. The summed E-state index contributed by atoms with van der Waals surface area (Å²) < 4.78 is 28.9. The Bertz CT molecular complexity index is 927. The third-order valence-corrected chi connectivity index (χ3v) is 5.11. The highest BCUT2D eigenvalue weighted by Crippen LogP contribution is 2.31. The fourth-order valence-electron chi connectivity index (χ4n) is 3.40. The van der Waals surface area contributed by atoms with Crippen molar-refractivity contribution in [3.63, 3.8) is 0 Å². The smallest absolute Gasteiger partial charge is 0.242 e. The largest absolute Gasteiger partial charge is 0.295 e. The summed E-state index contributed by atoms with van der Waals surface area (Å²) in [4.78, 5) is 3.22. The van der Waals surface area contributed by atoms with Crippen LogP contribution < -0.4 is 9.88 Å². The number of aromatic amines is 1. The maximum absolute atomic E-state index is 13.5. The van der Waals surface area contributed by atoms with Crippen LogP contribution in [0.15, 0.2) is 59.9 Å². The molecule has 1 saturated carbocycles. The molecule has 0 radical (unpaired) electrons. The number of nitriles is 1. The second kappa shape index (κ2) is 8.97. The summed E-state index contributed by atoms with van der Waals surface area (Å²) in [5.74, 6) is -0.312. The first-order chi connectivity index (χ1) is 14.0. The topological polar surface area (TPSA) is 71.1 Å². The molecular weight excluding hydrogens is 374 g/mol. The van der Waals surface area contributed by atoms with Gasteiger partial charge in [-0.2, -0.15) is 10.4 Å². The number of rotatable bonds is 7. The van der Waals surface area contributed by atoms with Gasteiger partial charge in [0.05, 0.1) is 0 Å². The quantitative estimate of drug-likeness (QED) is 0.420. The number of nitrogens with zero attached hydrogens (tertiary/aromatic N) is 4. The molecule has 0 bridgehead atoms. The molecule has 1 fully saturated rings. The van der Waals surface area contributed by atoms with Crippen LogP contribution in [0.3, 0.4) is 0 Å². The normalized spacial score (nSPS) is 24.4. The SMILES string of the molecule is C=C(C#N)N1N=C(c2c(C/C=C\C(F)=C/C)[nH]c[n+]2C2CC(F)C2)C=CC1NC. The molecule has 0 saturated heterocycles. The van der Waals surface area contributed by atoms with Crippen molar-refractivity contribution < 1.29 is 13.3 Å². The van der Waals surface area contributed by atoms with E-state index in [1.807, 2.05) is 29.1 Å². The van der Waals surface area contributed by atoms with Crippen LogP contribution in [0.2, 0.25) is 0 Å². The molecule has 1 aromatic heterocycles. The molecule has 1 aromatic rings. The predicted octanol–water partition coefficient (Wildman–Crippen LogP) is 3.11. The van der Waals surface area contributed by atoms with Gasteiger partial charge in [0.1, 0.15) is 41.7 Å². The van der Waals surface area contributed by atoms with Crippen LogP contribution in [0.4, 0.5) is 8.78 Å². The highest BCUT2D eigenvalue weighted by atomic mass is 19.1. The fourth-order valence-corrected chi connectivity index (χ4v) is 3.40. The van der Waals surface area contributed by atoms with Crippen molar-refractivity contribution >= 4 is 5.71 Å². The summed E-state index contributed by atoms with van der Waals surface area (Å²) in [6, 6.07) is 2.06. The van der Waals surface area contributed by atoms with E-state index >= 15 is 0 Å². The molecule has 2 heterocycles. The highest BCUT2D eigenvalue weighted by molar-refractivity contribution is 6.07. The number of likely N-dealkylation sites (N-methyl/N-ethyl adjacent to an activating group) is 1. The van der Waals surface area contributed by atoms with Gasteiger partial charge >= 0.3 is 0 Å². The molecule has 2 aliphatic rings. The van der Waals surface area contributed by atoms with Gasteiger partial charge in [0.25, 0.3) is 0 Å². The lowest BCUT2D eigenvalue weighted by atomic mass is 9.90. The highest BCUT2D eigenvalue weighted by Gasteiger charge is 2.38. The van der Waals surface area contributed by atoms with Crippen LogP contribution >= 0.6 is 0 Å². The van der Waals surface area contributed by atoms with Gasteiger partial charge in [-0.3, -0.25) is 5.32 Å². The Morgan fingerprint density at radius 1 is 1.55 bits per heavy atom. The molecule has 0 amide bonds. The summed E-state index contributed by atoms with van der Waals surface area (Å²) in [5.41, 5.74) is 2.47. The zero-order chi connectivity index (χ0) is 21.0. The number of H-pyrrole nitrogens is 1. The molecule has 1 unspecified atom stereocenters. The van der Waals surface area contributed by atoms with Crippen LogP contribution in [-0.4, -0.2) is 35.1 Å². The summed E-state index contributed by atoms with van der Waals surface area (Å²) in [6.07, 6.45) is 10.4. The fraction of sp³-hybridized carbons (Fsp3) is 0.381. The molecule has 1 atom stereocenters. The maximum Gasteiger partial charge on any atom is 0.242 e. The number of halogens is 2. The molecule has 2 N–H and O–H groups in total. The Morgan fingerprint density at radius 2 is 2.31 bits per heavy atom. The Hall–Kier alpha value is -3.05. The van der Waals surface area contributed by atoms with Gasteiger partial charge in [-0.15, -0.1) is 0 Å². The van der Waals surface area contributed by atoms with E-state index in [4.69, 9.17) is 0 Å². The van der Waals surface area contributed by atoms with Crippen LogP contribution in [0, 0.1) is 11.3 Å². The molecule has 1 aliphatic heterocycles. The first-order valence-corrected chi connectivity index (χ1v) is 9.55. The minimum atomic E-state index is -0.797. The molecule has 0 aromatic carbocycles. The van der Waals surface area contributed by atoms with Crippen LogP contribution in [-0.2, 0) is 6.42 Å². The van der Waals surface area contributed by atoms with Crippen molar-refractivity contribution in [2.45, 2.75) is 44.6 Å². The summed E-state index contributed by atoms with van der Waals surface area (Å²) in [7, 11) is 1.77. The number of hydrogen-bond donors (Lipinski definition) is 2. The van der Waals surface area contributed by atoms with Crippen molar-refractivity contribution in [3.05, 3.63) is 66.2 Å². The minimum absolute atomic E-state index is 0.0343. The average molecular weight is 399 g/mol. The molecule has 29 heavy (non-hydrogen) atoms. The van der Waals surface area contributed by atoms with Crippen molar-refractivity contribution in [2.75, 3.05) is 7.05 Å². The molecule has 8 heteroatoms. The van der Waals surface area contributed by atoms with Crippen LogP contribution in [0.1, 0.15) is 37.2 Å². The van der Waals surface area contributed by atoms with Gasteiger partial charge in [-0.25, -0.2) is 23.3 Å². The third-order valence-electron chi connectivity index (χ3n) is 5.11. The van der Waals surface area contributed by atoms with Crippen molar-refractivity contribution in [3.8, 4) is 6.07 Å². The van der Waals surface area contributed by atoms with Crippen molar-refractivity contribution in [1.29, 1.82) is 5.26 Å². The number of hydrogen-bond acceptors (Lipinski definition) is 4. The molecule has 152 valence electrons. The van der Waals surface area contributed by atoms with Gasteiger partial charge < -0.3 is 0 Å². The van der Waals surface area contributed by atoms with E-state index in [9.17, 15) is 14.0 Å². The molecule has 6 nitrogen and oxygen atoms in total. The Morgan fingerprint density at radius 3 is 2.93 bits per heavy atom. The van der Waals surface area contributed by atoms with E-state index < -0.39 is 6.17 Å². The second-order valence-corrected chi connectivity index (χ2v) is 6.99. The Labute approximate surface area is 169 Å². The third kappa shape index (κ3) is 4.35. The van der Waals surface area contributed by atoms with E-state index in [1.165, 1.54) is 17.2 Å². The van der Waals surface area contributed by atoms with Gasteiger partial charge in [0, 0.05) is 19.3 Å². The maximum atomic E-state index is 13.5. The lowest BCUT2D eigenvalue weighted by Gasteiger charge is -2.30. The van der Waals surface area contributed by atoms with Crippen molar-refractivity contribution in [2.24, 2.45) is 5.10 Å². The van der Waals surface area contributed by atoms with Crippen LogP contribution in [0.5, 0.6) is 0 Å². The van der Waals surface area contributed by atoms with Gasteiger partial charge in [-0.05, 0) is 32.2 Å². The lowest BCUT2D eigenvalue weighted by Crippen LogP contribution is -2.51. The number of allylic oxidation sites excluding steroid dienone is 6. The summed E-state index contributed by atoms with van der Waals surface area (Å²) in [5, 5.41) is 18.5. The van der Waals surface area contributed by atoms with Gasteiger partial charge in [0.15, 0.2) is 11.4 Å². The minimum Gasteiger partial charge on any atom is -0.295 e. The summed E-state index contributed by atoms with van der Waals surface area (Å²) in [6.45, 7) is 5.40. The molecular formula is C21H25F2N6+. The standard InChI is InChI=1S/C21H24F2N6/c1-4-15(22)6-5-7-18-21(28(13-26-18)17-10-16(23)11-17)19-8-9-20(25-3)29(27-19)14(2)12-24/h4-6,8-9,13,16-17,20,25H,2,7,10-11H2,1,3H3/p+1/b6-5-,15-4+. The van der Waals surface area contributed by atoms with E-state index in [1.54, 1.807) is 20.0 Å². The van der Waals surface area contributed by atoms with E-state index in [-0.39, 0.29) is 23.7 Å². The van der Waals surface area contributed by atoms with Gasteiger partial charge in [-0.1, -0.05) is 18.7 Å². The van der Waals surface area contributed by atoms with E-state index in [0.29, 0.717) is 25.0 Å². The number of imidazole rings is 1. The predicted molar refractivity (Wildman–Crippen MR) is 107 cm³/mol.